The third kappa shape index (κ3) is 5.23. The highest BCUT2D eigenvalue weighted by molar-refractivity contribution is 7.99. The van der Waals surface area contributed by atoms with Crippen molar-refractivity contribution in [1.29, 1.82) is 0 Å². The summed E-state index contributed by atoms with van der Waals surface area (Å²) >= 11 is 7.14. The smallest absolute Gasteiger partial charge is 0.277 e. The van der Waals surface area contributed by atoms with Crippen LogP contribution in [0.25, 0.3) is 0 Å². The molecule has 0 aliphatic heterocycles. The van der Waals surface area contributed by atoms with Crippen LogP contribution in [0.5, 0.6) is 5.75 Å². The van der Waals surface area contributed by atoms with Gasteiger partial charge in [0.2, 0.25) is 5.91 Å². The predicted molar refractivity (Wildman–Crippen MR) is 95.9 cm³/mol. The Bertz CT molecular complexity index is 842. The molecule has 0 bridgehead atoms. The standard InChI is InChI=1S/C17H14ClN3O3S/c18-13-8-4-5-9-14(13)19-15(22)11-25-17-21-20-16(24-17)10-23-12-6-2-1-3-7-12/h1-9H,10-11H2,(H,19,22). The number of halogens is 1. The molecule has 1 aromatic heterocycles. The van der Waals surface area contributed by atoms with E-state index in [4.69, 9.17) is 20.8 Å². The summed E-state index contributed by atoms with van der Waals surface area (Å²) in [6, 6.07) is 16.4. The molecule has 128 valence electrons. The molecule has 0 radical (unpaired) electrons. The van der Waals surface area contributed by atoms with E-state index in [1.165, 1.54) is 0 Å². The Balaban J connectivity index is 1.47. The molecule has 6 nitrogen and oxygen atoms in total. The zero-order valence-electron chi connectivity index (χ0n) is 13.0. The fourth-order valence-electron chi connectivity index (χ4n) is 1.89. The van der Waals surface area contributed by atoms with Gasteiger partial charge in [-0.2, -0.15) is 0 Å². The zero-order chi connectivity index (χ0) is 17.5. The van der Waals surface area contributed by atoms with E-state index < -0.39 is 0 Å². The lowest BCUT2D eigenvalue weighted by Gasteiger charge is -2.05. The van der Waals surface area contributed by atoms with Crippen molar-refractivity contribution in [1.82, 2.24) is 10.2 Å². The normalized spacial score (nSPS) is 10.4. The molecular weight excluding hydrogens is 362 g/mol. The van der Waals surface area contributed by atoms with Crippen molar-refractivity contribution >= 4 is 35.0 Å². The van der Waals surface area contributed by atoms with E-state index in [9.17, 15) is 4.79 Å². The van der Waals surface area contributed by atoms with Crippen LogP contribution in [0.2, 0.25) is 5.02 Å². The molecule has 0 fully saturated rings. The molecule has 0 atom stereocenters. The molecule has 0 saturated heterocycles. The molecule has 0 unspecified atom stereocenters. The highest BCUT2D eigenvalue weighted by Crippen LogP contribution is 2.22. The van der Waals surface area contributed by atoms with Crippen LogP contribution in [0.4, 0.5) is 5.69 Å². The van der Waals surface area contributed by atoms with Gasteiger partial charge in [-0.05, 0) is 24.3 Å². The molecule has 1 amide bonds. The Morgan fingerprint density at radius 2 is 1.88 bits per heavy atom. The van der Waals surface area contributed by atoms with Crippen molar-refractivity contribution in [3.05, 3.63) is 65.5 Å². The molecule has 3 aromatic rings. The van der Waals surface area contributed by atoms with Gasteiger partial charge in [0, 0.05) is 0 Å². The van der Waals surface area contributed by atoms with E-state index >= 15 is 0 Å². The summed E-state index contributed by atoms with van der Waals surface area (Å²) in [5, 5.41) is 11.3. The van der Waals surface area contributed by atoms with Gasteiger partial charge >= 0.3 is 0 Å². The summed E-state index contributed by atoms with van der Waals surface area (Å²) in [5.41, 5.74) is 0.567. The van der Waals surface area contributed by atoms with Crippen LogP contribution in [-0.4, -0.2) is 21.9 Å². The van der Waals surface area contributed by atoms with E-state index in [0.717, 1.165) is 11.8 Å². The molecular formula is C17H14ClN3O3S. The molecule has 1 N–H and O–H groups in total. The van der Waals surface area contributed by atoms with E-state index in [2.05, 4.69) is 15.5 Å². The van der Waals surface area contributed by atoms with Crippen molar-refractivity contribution < 1.29 is 13.9 Å². The molecule has 8 heteroatoms. The summed E-state index contributed by atoms with van der Waals surface area (Å²) in [4.78, 5) is 12.0. The van der Waals surface area contributed by atoms with Crippen LogP contribution in [-0.2, 0) is 11.4 Å². The first kappa shape index (κ1) is 17.3. The summed E-state index contributed by atoms with van der Waals surface area (Å²) in [6.45, 7) is 0.170. The maximum atomic E-state index is 12.0. The summed E-state index contributed by atoms with van der Waals surface area (Å²) in [6.07, 6.45) is 0. The second-order valence-corrected chi connectivity index (χ2v) is 6.21. The van der Waals surface area contributed by atoms with Gasteiger partial charge in [-0.1, -0.05) is 53.7 Å². The van der Waals surface area contributed by atoms with Crippen molar-refractivity contribution in [3.8, 4) is 5.75 Å². The molecule has 0 aliphatic carbocycles. The van der Waals surface area contributed by atoms with Gasteiger partial charge in [-0.3, -0.25) is 4.79 Å². The van der Waals surface area contributed by atoms with Gasteiger partial charge in [-0.25, -0.2) is 0 Å². The van der Waals surface area contributed by atoms with Crippen LogP contribution in [0.3, 0.4) is 0 Å². The van der Waals surface area contributed by atoms with Crippen molar-refractivity contribution in [2.45, 2.75) is 11.8 Å². The maximum absolute atomic E-state index is 12.0. The molecule has 25 heavy (non-hydrogen) atoms. The highest BCUT2D eigenvalue weighted by atomic mass is 35.5. The molecule has 0 saturated carbocycles. The second kappa shape index (κ2) is 8.55. The Kier molecular flexibility index (Phi) is 5.92. The number of nitrogens with one attached hydrogen (secondary N) is 1. The number of aromatic nitrogens is 2. The monoisotopic (exact) mass is 375 g/mol. The number of hydrogen-bond acceptors (Lipinski definition) is 6. The van der Waals surface area contributed by atoms with Crippen molar-refractivity contribution in [2.24, 2.45) is 0 Å². The average molecular weight is 376 g/mol. The lowest BCUT2D eigenvalue weighted by molar-refractivity contribution is -0.113. The third-order valence-electron chi connectivity index (χ3n) is 3.03. The van der Waals surface area contributed by atoms with Gasteiger partial charge in [0.05, 0.1) is 16.5 Å². The quantitative estimate of drug-likeness (QED) is 0.628. The Hall–Kier alpha value is -2.51. The van der Waals surface area contributed by atoms with Crippen LogP contribution < -0.4 is 10.1 Å². The fourth-order valence-corrected chi connectivity index (χ4v) is 2.66. The number of amides is 1. The van der Waals surface area contributed by atoms with E-state index in [0.29, 0.717) is 27.6 Å². The highest BCUT2D eigenvalue weighted by Gasteiger charge is 2.11. The van der Waals surface area contributed by atoms with Crippen molar-refractivity contribution in [2.75, 3.05) is 11.1 Å². The number of carbonyl (C=O) groups excluding carboxylic acids is 1. The van der Waals surface area contributed by atoms with Gasteiger partial charge in [0.1, 0.15) is 5.75 Å². The number of ether oxygens (including phenoxy) is 1. The first-order valence-electron chi connectivity index (χ1n) is 7.38. The second-order valence-electron chi connectivity index (χ2n) is 4.88. The minimum absolute atomic E-state index is 0.131. The van der Waals surface area contributed by atoms with Crippen LogP contribution in [0.1, 0.15) is 5.89 Å². The Morgan fingerprint density at radius 3 is 2.68 bits per heavy atom. The van der Waals surface area contributed by atoms with Gasteiger partial charge in [0.15, 0.2) is 6.61 Å². The number of carbonyl (C=O) groups is 1. The first-order valence-corrected chi connectivity index (χ1v) is 8.74. The Morgan fingerprint density at radius 1 is 1.12 bits per heavy atom. The molecule has 2 aromatic carbocycles. The predicted octanol–water partition coefficient (Wildman–Crippen LogP) is 4.03. The lowest BCUT2D eigenvalue weighted by atomic mass is 10.3. The topological polar surface area (TPSA) is 77.2 Å². The summed E-state index contributed by atoms with van der Waals surface area (Å²) in [7, 11) is 0. The number of benzene rings is 2. The fraction of sp³-hybridized carbons (Fsp3) is 0.118. The van der Waals surface area contributed by atoms with Crippen molar-refractivity contribution in [3.63, 3.8) is 0 Å². The number of hydrogen-bond donors (Lipinski definition) is 1. The van der Waals surface area contributed by atoms with E-state index in [-0.39, 0.29) is 18.3 Å². The SMILES string of the molecule is O=C(CSc1nnc(COc2ccccc2)o1)Nc1ccccc1Cl. The molecule has 1 heterocycles. The lowest BCUT2D eigenvalue weighted by Crippen LogP contribution is -2.14. The van der Waals surface area contributed by atoms with Crippen LogP contribution in [0, 0.1) is 0 Å². The number of para-hydroxylation sites is 2. The minimum atomic E-state index is -0.210. The first-order chi connectivity index (χ1) is 12.2. The number of thioether (sulfide) groups is 1. The number of rotatable bonds is 7. The molecule has 0 spiro atoms. The number of anilines is 1. The van der Waals surface area contributed by atoms with Gasteiger partial charge in [0.25, 0.3) is 11.1 Å². The largest absolute Gasteiger partial charge is 0.484 e. The zero-order valence-corrected chi connectivity index (χ0v) is 14.6. The average Bonchev–Trinajstić information content (AvgIpc) is 3.09. The van der Waals surface area contributed by atoms with Crippen LogP contribution in [0.15, 0.2) is 64.2 Å². The Labute approximate surface area is 153 Å². The third-order valence-corrected chi connectivity index (χ3v) is 4.18. The maximum Gasteiger partial charge on any atom is 0.277 e. The summed E-state index contributed by atoms with van der Waals surface area (Å²) < 4.78 is 11.0. The minimum Gasteiger partial charge on any atom is -0.484 e. The van der Waals surface area contributed by atoms with E-state index in [1.807, 2.05) is 30.3 Å². The molecule has 0 aliphatic rings. The number of nitrogens with zero attached hydrogens (tertiary/aromatic N) is 2. The van der Waals surface area contributed by atoms with Crippen LogP contribution >= 0.6 is 23.4 Å². The van der Waals surface area contributed by atoms with Gasteiger partial charge in [-0.15, -0.1) is 10.2 Å². The van der Waals surface area contributed by atoms with Gasteiger partial charge < -0.3 is 14.5 Å². The molecule has 3 rings (SSSR count). The summed E-state index contributed by atoms with van der Waals surface area (Å²) in [5.74, 6) is 0.983. The van der Waals surface area contributed by atoms with E-state index in [1.54, 1.807) is 24.3 Å².